The first-order valence-corrected chi connectivity index (χ1v) is 11.3. The van der Waals surface area contributed by atoms with Gasteiger partial charge in [-0.05, 0) is 54.3 Å². The fraction of sp³-hybridized carbons (Fsp3) is 0.381. The van der Waals surface area contributed by atoms with Gasteiger partial charge in [-0.3, -0.25) is 5.10 Å². The number of hydrogen-bond acceptors (Lipinski definition) is 5. The summed E-state index contributed by atoms with van der Waals surface area (Å²) in [6, 6.07) is 7.42. The van der Waals surface area contributed by atoms with Gasteiger partial charge in [-0.2, -0.15) is 22.6 Å². The Morgan fingerprint density at radius 1 is 1.19 bits per heavy atom. The number of nitrogens with zero attached hydrogens (tertiary/aromatic N) is 2. The van der Waals surface area contributed by atoms with Crippen LogP contribution in [-0.4, -0.2) is 52.9 Å². The predicted molar refractivity (Wildman–Crippen MR) is 114 cm³/mol. The highest BCUT2D eigenvalue weighted by atomic mass is 32.2. The Hall–Kier alpha value is -2.63. The first-order valence-electron chi connectivity index (χ1n) is 9.87. The molecule has 0 saturated heterocycles. The molecule has 4 N–H and O–H groups in total. The number of hydrogen-bond donors (Lipinski definition) is 3. The third-order valence-electron chi connectivity index (χ3n) is 6.37. The van der Waals surface area contributed by atoms with E-state index in [-0.39, 0.29) is 4.90 Å². The van der Waals surface area contributed by atoms with E-state index >= 15 is 0 Å². The van der Waals surface area contributed by atoms with E-state index in [0.29, 0.717) is 11.4 Å². The summed E-state index contributed by atoms with van der Waals surface area (Å²) in [5, 5.41) is 17.3. The molecule has 1 heterocycles. The number of rotatable bonds is 4. The average molecular weight is 469 g/mol. The number of anilines is 1. The highest BCUT2D eigenvalue weighted by Crippen LogP contribution is 2.47. The number of sulfonamides is 1. The van der Waals surface area contributed by atoms with E-state index in [9.17, 15) is 26.7 Å². The molecule has 0 atom stereocenters. The zero-order valence-electron chi connectivity index (χ0n) is 17.7. The summed E-state index contributed by atoms with van der Waals surface area (Å²) < 4.78 is 65.6. The number of aliphatic hydroxyl groups is 1. The number of benzene rings is 2. The van der Waals surface area contributed by atoms with Gasteiger partial charge in [0.2, 0.25) is 10.0 Å². The van der Waals surface area contributed by atoms with Gasteiger partial charge in [0, 0.05) is 31.3 Å². The third-order valence-corrected chi connectivity index (χ3v) is 8.28. The van der Waals surface area contributed by atoms with Gasteiger partial charge >= 0.3 is 6.18 Å². The summed E-state index contributed by atoms with van der Waals surface area (Å²) in [7, 11) is -2.80. The molecule has 1 saturated carbocycles. The highest BCUT2D eigenvalue weighted by Gasteiger charge is 2.62. The number of nitrogen functional groups attached to an aromatic ring is 1. The Morgan fingerprint density at radius 3 is 2.41 bits per heavy atom. The molecule has 7 nitrogen and oxygen atoms in total. The van der Waals surface area contributed by atoms with Gasteiger partial charge in [0.05, 0.1) is 10.4 Å². The number of halogens is 3. The highest BCUT2D eigenvalue weighted by molar-refractivity contribution is 7.89. The second kappa shape index (κ2) is 7.19. The molecule has 11 heteroatoms. The standard InChI is InChI=1S/C21H23F3N4O3S/c1-11-8-14(32(30,31)28(3)13-9-20(29,10-13)21(22,23)24)4-5-15(11)16-6-7-17-18(12(16)2)19(25)27-26-17/h4-8,13,29H,9-10H2,1-3H3,(H3,25,26,27). The fourth-order valence-corrected chi connectivity index (χ4v) is 5.71. The minimum atomic E-state index is -4.79. The second-order valence-corrected chi connectivity index (χ2v) is 10.4. The van der Waals surface area contributed by atoms with Crippen LogP contribution in [0.25, 0.3) is 22.0 Å². The summed E-state index contributed by atoms with van der Waals surface area (Å²) in [5.74, 6) is 0.372. The van der Waals surface area contributed by atoms with Gasteiger partial charge in [-0.25, -0.2) is 8.42 Å². The minimum absolute atomic E-state index is 0.0229. The van der Waals surface area contributed by atoms with Crippen molar-refractivity contribution >= 4 is 26.7 Å². The summed E-state index contributed by atoms with van der Waals surface area (Å²) in [6.07, 6.45) is -6.16. The normalized spacial score (nSPS) is 21.8. The van der Waals surface area contributed by atoms with Crippen LogP contribution in [0.1, 0.15) is 24.0 Å². The van der Waals surface area contributed by atoms with E-state index in [1.54, 1.807) is 13.0 Å². The van der Waals surface area contributed by atoms with Crippen LogP contribution >= 0.6 is 0 Å². The smallest absolute Gasteiger partial charge is 0.382 e. The van der Waals surface area contributed by atoms with Gasteiger partial charge in [-0.15, -0.1) is 0 Å². The molecule has 3 aromatic rings. The van der Waals surface area contributed by atoms with Crippen molar-refractivity contribution < 1.29 is 26.7 Å². The summed E-state index contributed by atoms with van der Waals surface area (Å²) in [6.45, 7) is 3.67. The van der Waals surface area contributed by atoms with Crippen molar-refractivity contribution in [2.75, 3.05) is 12.8 Å². The van der Waals surface area contributed by atoms with Crippen LogP contribution in [0.15, 0.2) is 35.2 Å². The van der Waals surface area contributed by atoms with Gasteiger partial charge in [0.25, 0.3) is 0 Å². The zero-order chi connectivity index (χ0) is 23.6. The molecule has 0 unspecified atom stereocenters. The van der Waals surface area contributed by atoms with Crippen molar-refractivity contribution in [3.63, 3.8) is 0 Å². The number of aromatic amines is 1. The van der Waals surface area contributed by atoms with E-state index in [1.807, 2.05) is 19.1 Å². The van der Waals surface area contributed by atoms with Crippen LogP contribution in [0.3, 0.4) is 0 Å². The predicted octanol–water partition coefficient (Wildman–Crippen LogP) is 3.51. The quantitative estimate of drug-likeness (QED) is 0.543. The van der Waals surface area contributed by atoms with Crippen molar-refractivity contribution in [3.8, 4) is 11.1 Å². The van der Waals surface area contributed by atoms with Crippen molar-refractivity contribution in [2.24, 2.45) is 0 Å². The van der Waals surface area contributed by atoms with Crippen LogP contribution in [-0.2, 0) is 10.0 Å². The van der Waals surface area contributed by atoms with E-state index < -0.39 is 40.7 Å². The SMILES string of the molecule is Cc1cc(S(=O)(=O)N(C)C2CC(O)(C(F)(F)F)C2)ccc1-c1ccc2[nH]nc(N)c2c1C. The fourth-order valence-electron chi connectivity index (χ4n) is 4.27. The van der Waals surface area contributed by atoms with E-state index in [1.165, 1.54) is 19.2 Å². The Labute approximate surface area is 183 Å². The number of H-pyrrole nitrogens is 1. The largest absolute Gasteiger partial charge is 0.417 e. The van der Waals surface area contributed by atoms with E-state index in [4.69, 9.17) is 5.73 Å². The molecule has 0 spiro atoms. The van der Waals surface area contributed by atoms with Crippen LogP contribution in [0.5, 0.6) is 0 Å². The molecule has 0 radical (unpaired) electrons. The van der Waals surface area contributed by atoms with Crippen LogP contribution in [0, 0.1) is 13.8 Å². The molecule has 0 bridgehead atoms. The molecule has 1 aliphatic rings. The molecular weight excluding hydrogens is 445 g/mol. The maximum atomic E-state index is 13.0. The lowest BCUT2D eigenvalue weighted by Gasteiger charge is -2.47. The van der Waals surface area contributed by atoms with Gasteiger partial charge < -0.3 is 10.8 Å². The topological polar surface area (TPSA) is 112 Å². The van der Waals surface area contributed by atoms with Crippen molar-refractivity contribution in [2.45, 2.75) is 49.4 Å². The molecular formula is C21H23F3N4O3S. The van der Waals surface area contributed by atoms with E-state index in [2.05, 4.69) is 10.2 Å². The molecule has 1 aliphatic carbocycles. The molecule has 1 aromatic heterocycles. The zero-order valence-corrected chi connectivity index (χ0v) is 18.5. The first-order chi connectivity index (χ1) is 14.8. The van der Waals surface area contributed by atoms with Crippen molar-refractivity contribution in [1.82, 2.24) is 14.5 Å². The number of nitrogens with one attached hydrogen (secondary N) is 1. The van der Waals surface area contributed by atoms with Crippen LogP contribution in [0.2, 0.25) is 0 Å². The van der Waals surface area contributed by atoms with Crippen LogP contribution < -0.4 is 5.73 Å². The van der Waals surface area contributed by atoms with E-state index in [0.717, 1.165) is 31.9 Å². The van der Waals surface area contributed by atoms with Crippen molar-refractivity contribution in [1.29, 1.82) is 0 Å². The Bertz CT molecular complexity index is 1310. The molecule has 1 fully saturated rings. The molecule has 172 valence electrons. The summed E-state index contributed by atoms with van der Waals surface area (Å²) in [5.41, 5.74) is 7.16. The lowest BCUT2D eigenvalue weighted by atomic mass is 9.75. The summed E-state index contributed by atoms with van der Waals surface area (Å²) >= 11 is 0. The molecule has 32 heavy (non-hydrogen) atoms. The molecule has 0 aliphatic heterocycles. The Morgan fingerprint density at radius 2 is 1.81 bits per heavy atom. The first kappa shape index (κ1) is 22.6. The monoisotopic (exact) mass is 468 g/mol. The molecule has 2 aromatic carbocycles. The van der Waals surface area contributed by atoms with Crippen LogP contribution in [0.4, 0.5) is 19.0 Å². The molecule has 4 rings (SSSR count). The van der Waals surface area contributed by atoms with Gasteiger partial charge in [0.15, 0.2) is 11.4 Å². The number of nitrogens with two attached hydrogens (primary N) is 1. The number of alkyl halides is 3. The Kier molecular flexibility index (Phi) is 5.07. The lowest BCUT2D eigenvalue weighted by molar-refractivity contribution is -0.295. The third kappa shape index (κ3) is 3.35. The number of aryl methyl sites for hydroxylation is 2. The number of fused-ring (bicyclic) bond motifs is 1. The lowest BCUT2D eigenvalue weighted by Crippen LogP contribution is -2.62. The Balaban J connectivity index is 1.64. The maximum absolute atomic E-state index is 13.0. The maximum Gasteiger partial charge on any atom is 0.417 e. The molecule has 0 amide bonds. The average Bonchev–Trinajstić information content (AvgIpc) is 3.06. The van der Waals surface area contributed by atoms with Gasteiger partial charge in [-0.1, -0.05) is 12.1 Å². The van der Waals surface area contributed by atoms with Gasteiger partial charge in [0.1, 0.15) is 0 Å². The minimum Gasteiger partial charge on any atom is -0.382 e. The second-order valence-electron chi connectivity index (χ2n) is 8.36. The summed E-state index contributed by atoms with van der Waals surface area (Å²) in [4.78, 5) is -0.0229. The number of aromatic nitrogens is 2. The van der Waals surface area contributed by atoms with Crippen molar-refractivity contribution in [3.05, 3.63) is 41.5 Å².